The summed E-state index contributed by atoms with van der Waals surface area (Å²) in [5.74, 6) is 0.240. The van der Waals surface area contributed by atoms with Gasteiger partial charge < -0.3 is 10.6 Å². The van der Waals surface area contributed by atoms with Crippen molar-refractivity contribution in [3.05, 3.63) is 42.0 Å². The lowest BCUT2D eigenvalue weighted by molar-refractivity contribution is -0.139. The number of amides is 1. The third-order valence-corrected chi connectivity index (χ3v) is 5.78. The number of benzene rings is 1. The number of halogens is 1. The van der Waals surface area contributed by atoms with Crippen molar-refractivity contribution in [3.63, 3.8) is 0 Å². The average Bonchev–Trinajstić information content (AvgIpc) is 3.22. The first-order chi connectivity index (χ1) is 13.1. The number of hydrogen-bond donors (Lipinski definition) is 1. The van der Waals surface area contributed by atoms with Crippen molar-refractivity contribution in [1.82, 2.24) is 14.9 Å². The van der Waals surface area contributed by atoms with Crippen molar-refractivity contribution < 1.29 is 9.18 Å². The second-order valence-electron chi connectivity index (χ2n) is 7.56. The van der Waals surface area contributed by atoms with Gasteiger partial charge in [-0.25, -0.2) is 14.4 Å². The second-order valence-corrected chi connectivity index (χ2v) is 7.56. The number of aromatic nitrogens is 2. The maximum absolute atomic E-state index is 13.8. The maximum Gasteiger partial charge on any atom is 0.226 e. The summed E-state index contributed by atoms with van der Waals surface area (Å²) in [6, 6.07) is 6.28. The topological polar surface area (TPSA) is 72.1 Å². The van der Waals surface area contributed by atoms with Gasteiger partial charge in [0.05, 0.1) is 11.7 Å². The van der Waals surface area contributed by atoms with Crippen molar-refractivity contribution in [1.29, 1.82) is 0 Å². The number of nitrogens with zero attached hydrogens (tertiary/aromatic N) is 3. The largest absolute Gasteiger partial charge is 0.368 e. The van der Waals surface area contributed by atoms with Crippen LogP contribution in [0.4, 0.5) is 10.3 Å². The van der Waals surface area contributed by atoms with Crippen LogP contribution in [-0.4, -0.2) is 27.3 Å². The summed E-state index contributed by atoms with van der Waals surface area (Å²) >= 11 is 0. The summed E-state index contributed by atoms with van der Waals surface area (Å²) in [4.78, 5) is 23.8. The molecule has 2 N–H and O–H groups in total. The Kier molecular flexibility index (Phi) is 5.05. The highest BCUT2D eigenvalue weighted by Gasteiger charge is 2.35. The number of nitrogen functional groups attached to an aromatic ring is 1. The van der Waals surface area contributed by atoms with Crippen LogP contribution in [0.1, 0.15) is 56.7 Å². The minimum Gasteiger partial charge on any atom is -0.368 e. The van der Waals surface area contributed by atoms with Gasteiger partial charge in [-0.15, -0.1) is 0 Å². The molecule has 2 aromatic rings. The van der Waals surface area contributed by atoms with Crippen molar-refractivity contribution in [2.45, 2.75) is 51.0 Å². The van der Waals surface area contributed by atoms with E-state index in [1.54, 1.807) is 12.3 Å². The number of likely N-dealkylation sites (tertiary alicyclic amines) is 1. The molecule has 2 heterocycles. The molecule has 0 bridgehead atoms. The average molecular weight is 368 g/mol. The summed E-state index contributed by atoms with van der Waals surface area (Å²) < 4.78 is 13.8. The van der Waals surface area contributed by atoms with Gasteiger partial charge in [0, 0.05) is 24.2 Å². The number of carbonyl (C=O) groups is 1. The molecular weight excluding hydrogens is 343 g/mol. The van der Waals surface area contributed by atoms with Crippen molar-refractivity contribution in [2.75, 3.05) is 12.3 Å². The Balaban J connectivity index is 1.73. The first-order valence-corrected chi connectivity index (χ1v) is 9.82. The summed E-state index contributed by atoms with van der Waals surface area (Å²) in [5, 5.41) is 0. The van der Waals surface area contributed by atoms with Crippen molar-refractivity contribution in [3.8, 4) is 11.1 Å². The van der Waals surface area contributed by atoms with Gasteiger partial charge in [0.2, 0.25) is 11.9 Å². The van der Waals surface area contributed by atoms with Crippen LogP contribution >= 0.6 is 0 Å². The molecule has 1 aromatic carbocycles. The Bertz CT molecular complexity index is 835. The highest BCUT2D eigenvalue weighted by Crippen LogP contribution is 2.38. The van der Waals surface area contributed by atoms with E-state index < -0.39 is 0 Å². The van der Waals surface area contributed by atoms with Crippen LogP contribution < -0.4 is 5.73 Å². The normalized spacial score (nSPS) is 20.8. The smallest absolute Gasteiger partial charge is 0.226 e. The molecule has 142 valence electrons. The number of carbonyl (C=O) groups excluding carboxylic acids is 1. The molecule has 2 aliphatic rings. The fraction of sp³-hybridized carbons (Fsp3) is 0.476. The molecule has 1 saturated heterocycles. The zero-order valence-electron chi connectivity index (χ0n) is 15.4. The Morgan fingerprint density at radius 3 is 2.70 bits per heavy atom. The molecule has 2 fully saturated rings. The Morgan fingerprint density at radius 1 is 1.15 bits per heavy atom. The van der Waals surface area contributed by atoms with E-state index in [-0.39, 0.29) is 29.6 Å². The van der Waals surface area contributed by atoms with Gasteiger partial charge in [0.15, 0.2) is 0 Å². The van der Waals surface area contributed by atoms with E-state index in [1.807, 2.05) is 11.0 Å². The predicted molar refractivity (Wildman–Crippen MR) is 102 cm³/mol. The monoisotopic (exact) mass is 368 g/mol. The lowest BCUT2D eigenvalue weighted by atomic mass is 9.92. The highest BCUT2D eigenvalue weighted by molar-refractivity contribution is 5.80. The standard InChI is InChI=1S/C21H25FN4O/c22-16-9-5-8-15(12-16)17-13-24-21(23)25-19(17)18-10-3-4-11-26(18)20(27)14-6-1-2-7-14/h5,8-9,12-14,18H,1-4,6-7,10-11H2,(H2,23,24,25)/t18-/m1/s1. The van der Waals surface area contributed by atoms with Crippen LogP contribution in [0.5, 0.6) is 0 Å². The minimum absolute atomic E-state index is 0.127. The third-order valence-electron chi connectivity index (χ3n) is 5.78. The molecule has 1 saturated carbocycles. The number of nitrogens with two attached hydrogens (primary N) is 1. The van der Waals surface area contributed by atoms with Crippen LogP contribution in [0.25, 0.3) is 11.1 Å². The van der Waals surface area contributed by atoms with E-state index in [4.69, 9.17) is 5.73 Å². The number of anilines is 1. The van der Waals surface area contributed by atoms with Crippen molar-refractivity contribution in [2.24, 2.45) is 5.92 Å². The number of rotatable bonds is 3. The number of piperidine rings is 1. The lowest BCUT2D eigenvalue weighted by Crippen LogP contribution is -2.42. The molecule has 5 nitrogen and oxygen atoms in total. The van der Waals surface area contributed by atoms with Crippen LogP contribution in [-0.2, 0) is 4.79 Å². The second kappa shape index (κ2) is 7.62. The van der Waals surface area contributed by atoms with E-state index in [0.717, 1.165) is 62.7 Å². The Hall–Kier alpha value is -2.50. The van der Waals surface area contributed by atoms with E-state index in [1.165, 1.54) is 12.1 Å². The zero-order valence-corrected chi connectivity index (χ0v) is 15.4. The molecule has 1 aromatic heterocycles. The van der Waals surface area contributed by atoms with Crippen LogP contribution in [0.2, 0.25) is 0 Å². The van der Waals surface area contributed by atoms with Gasteiger partial charge in [-0.05, 0) is 49.8 Å². The van der Waals surface area contributed by atoms with Crippen LogP contribution in [0, 0.1) is 11.7 Å². The quantitative estimate of drug-likeness (QED) is 0.885. The molecule has 0 radical (unpaired) electrons. The molecule has 6 heteroatoms. The van der Waals surface area contributed by atoms with Gasteiger partial charge in [-0.1, -0.05) is 25.0 Å². The SMILES string of the molecule is Nc1ncc(-c2cccc(F)c2)c([C@H]2CCCCN2C(=O)C2CCCC2)n1. The predicted octanol–water partition coefficient (Wildman–Crippen LogP) is 4.11. The number of hydrogen-bond acceptors (Lipinski definition) is 4. The Labute approximate surface area is 158 Å². The molecular formula is C21H25FN4O. The van der Waals surface area contributed by atoms with Crippen LogP contribution in [0.15, 0.2) is 30.5 Å². The highest BCUT2D eigenvalue weighted by atomic mass is 19.1. The molecule has 27 heavy (non-hydrogen) atoms. The third kappa shape index (κ3) is 3.66. The molecule has 1 amide bonds. The van der Waals surface area contributed by atoms with Gasteiger partial charge in [0.25, 0.3) is 0 Å². The first kappa shape index (κ1) is 17.9. The maximum atomic E-state index is 13.8. The summed E-state index contributed by atoms with van der Waals surface area (Å²) in [7, 11) is 0. The van der Waals surface area contributed by atoms with E-state index in [2.05, 4.69) is 9.97 Å². The van der Waals surface area contributed by atoms with E-state index in [9.17, 15) is 9.18 Å². The Morgan fingerprint density at radius 2 is 1.93 bits per heavy atom. The summed E-state index contributed by atoms with van der Waals surface area (Å²) in [5.41, 5.74) is 8.08. The minimum atomic E-state index is -0.308. The molecule has 0 unspecified atom stereocenters. The van der Waals surface area contributed by atoms with Gasteiger partial charge in [-0.2, -0.15) is 0 Å². The molecule has 0 spiro atoms. The van der Waals surface area contributed by atoms with Gasteiger partial charge in [0.1, 0.15) is 5.82 Å². The summed E-state index contributed by atoms with van der Waals surface area (Å²) in [6.07, 6.45) is 8.75. The van der Waals surface area contributed by atoms with Crippen molar-refractivity contribution >= 4 is 11.9 Å². The van der Waals surface area contributed by atoms with Crippen LogP contribution in [0.3, 0.4) is 0 Å². The zero-order chi connectivity index (χ0) is 18.8. The lowest BCUT2D eigenvalue weighted by Gasteiger charge is -2.37. The van der Waals surface area contributed by atoms with E-state index in [0.29, 0.717) is 5.56 Å². The fourth-order valence-electron chi connectivity index (χ4n) is 4.43. The van der Waals surface area contributed by atoms with Gasteiger partial charge in [-0.3, -0.25) is 4.79 Å². The summed E-state index contributed by atoms with van der Waals surface area (Å²) in [6.45, 7) is 0.743. The first-order valence-electron chi connectivity index (χ1n) is 9.82. The van der Waals surface area contributed by atoms with E-state index >= 15 is 0 Å². The molecule has 1 aliphatic carbocycles. The fourth-order valence-corrected chi connectivity index (χ4v) is 4.43. The molecule has 1 aliphatic heterocycles. The van der Waals surface area contributed by atoms with Gasteiger partial charge >= 0.3 is 0 Å². The molecule has 4 rings (SSSR count). The molecule has 1 atom stereocenters.